The van der Waals surface area contributed by atoms with Gasteiger partial charge in [0, 0.05) is 0 Å². The molecular weight excluding hydrogens is 307 g/mol. The summed E-state index contributed by atoms with van der Waals surface area (Å²) in [5, 5.41) is -1.74. The summed E-state index contributed by atoms with van der Waals surface area (Å²) in [5.41, 5.74) is 1.35. The van der Waals surface area contributed by atoms with E-state index in [2.05, 4.69) is 0 Å². The average molecular weight is 322 g/mol. The van der Waals surface area contributed by atoms with Crippen molar-refractivity contribution in [2.24, 2.45) is 0 Å². The normalized spacial score (nSPS) is 12.1. The fraction of sp³-hybridized carbons (Fsp3) is 0.0526. The molecule has 0 fully saturated rings. The zero-order chi connectivity index (χ0) is 16.3. The molecule has 0 aliphatic rings. The Morgan fingerprint density at radius 2 is 0.826 bits per heavy atom. The predicted molar refractivity (Wildman–Crippen MR) is 86.8 cm³/mol. The Balaban J connectivity index is 2.44. The SMILES string of the molecule is O=P([O-])([O-])C(c1ccccc1)(c1ccccc1)c1ccccc1. The zero-order valence-electron chi connectivity index (χ0n) is 12.3. The number of benzene rings is 3. The van der Waals surface area contributed by atoms with Crippen LogP contribution in [0.4, 0.5) is 0 Å². The maximum Gasteiger partial charge on any atom is 0.0726 e. The molecule has 0 N–H and O–H groups in total. The first-order valence-electron chi connectivity index (χ1n) is 7.25. The van der Waals surface area contributed by atoms with E-state index in [0.29, 0.717) is 16.7 Å². The van der Waals surface area contributed by atoms with E-state index in [-0.39, 0.29) is 0 Å². The Labute approximate surface area is 135 Å². The van der Waals surface area contributed by atoms with Crippen molar-refractivity contribution in [2.75, 3.05) is 0 Å². The monoisotopic (exact) mass is 322 g/mol. The summed E-state index contributed by atoms with van der Waals surface area (Å²) in [6, 6.07) is 25.9. The van der Waals surface area contributed by atoms with Crippen LogP contribution in [0.15, 0.2) is 91.0 Å². The highest BCUT2D eigenvalue weighted by Crippen LogP contribution is 2.59. The van der Waals surface area contributed by atoms with Crippen LogP contribution >= 0.6 is 7.60 Å². The van der Waals surface area contributed by atoms with Gasteiger partial charge in [0.1, 0.15) is 0 Å². The summed E-state index contributed by atoms with van der Waals surface area (Å²) >= 11 is 0. The van der Waals surface area contributed by atoms with E-state index >= 15 is 0 Å². The van der Waals surface area contributed by atoms with E-state index in [9.17, 15) is 14.4 Å². The van der Waals surface area contributed by atoms with Crippen molar-refractivity contribution < 1.29 is 14.4 Å². The highest BCUT2D eigenvalue weighted by Gasteiger charge is 2.39. The van der Waals surface area contributed by atoms with E-state index in [1.54, 1.807) is 91.0 Å². The number of hydrogen-bond donors (Lipinski definition) is 0. The Morgan fingerprint density at radius 1 is 0.565 bits per heavy atom. The molecule has 0 radical (unpaired) electrons. The van der Waals surface area contributed by atoms with Gasteiger partial charge >= 0.3 is 0 Å². The van der Waals surface area contributed by atoms with Gasteiger partial charge in [0.15, 0.2) is 0 Å². The van der Waals surface area contributed by atoms with Gasteiger partial charge in [-0.25, -0.2) is 0 Å². The largest absolute Gasteiger partial charge is 0.810 e. The summed E-state index contributed by atoms with van der Waals surface area (Å²) in [5.74, 6) is 0. The van der Waals surface area contributed by atoms with Gasteiger partial charge in [-0.2, -0.15) is 0 Å². The maximum atomic E-state index is 12.5. The molecule has 3 rings (SSSR count). The molecule has 0 atom stereocenters. The molecule has 0 aliphatic heterocycles. The van der Waals surface area contributed by atoms with Crippen LogP contribution in [0.1, 0.15) is 16.7 Å². The van der Waals surface area contributed by atoms with Crippen LogP contribution < -0.4 is 9.79 Å². The number of hydrogen-bond acceptors (Lipinski definition) is 3. The van der Waals surface area contributed by atoms with Crippen LogP contribution in [0.2, 0.25) is 0 Å². The van der Waals surface area contributed by atoms with Crippen LogP contribution in [-0.4, -0.2) is 0 Å². The quantitative estimate of drug-likeness (QED) is 0.548. The lowest BCUT2D eigenvalue weighted by Crippen LogP contribution is -2.39. The van der Waals surface area contributed by atoms with Gasteiger partial charge in [-0.1, -0.05) is 91.0 Å². The molecule has 0 saturated heterocycles. The smallest absolute Gasteiger partial charge is 0.0726 e. The standard InChI is InChI=1S/C19H17O3P/c20-23(21,22)19(16-10-4-1-5-11-16,17-12-6-2-7-13-17)18-14-8-3-9-15-18/h1-15H,(H2,20,21,22)/p-2. The summed E-state index contributed by atoms with van der Waals surface area (Å²) < 4.78 is 12.5. The van der Waals surface area contributed by atoms with Crippen molar-refractivity contribution >= 4 is 7.60 Å². The van der Waals surface area contributed by atoms with Gasteiger partial charge in [0.25, 0.3) is 0 Å². The van der Waals surface area contributed by atoms with Gasteiger partial charge in [0.2, 0.25) is 0 Å². The zero-order valence-corrected chi connectivity index (χ0v) is 13.2. The lowest BCUT2D eigenvalue weighted by Gasteiger charge is -2.51. The van der Waals surface area contributed by atoms with Crippen LogP contribution in [-0.2, 0) is 9.72 Å². The van der Waals surface area contributed by atoms with Gasteiger partial charge in [-0.15, -0.1) is 0 Å². The summed E-state index contributed by atoms with van der Waals surface area (Å²) in [4.78, 5) is 25.1. The van der Waals surface area contributed by atoms with Crippen molar-refractivity contribution in [3.63, 3.8) is 0 Å². The third-order valence-corrected chi connectivity index (χ3v) is 5.58. The molecular formula is C19H15O3P-2. The van der Waals surface area contributed by atoms with Gasteiger partial charge < -0.3 is 14.4 Å². The van der Waals surface area contributed by atoms with Gasteiger partial charge in [-0.3, -0.25) is 0 Å². The summed E-state index contributed by atoms with van der Waals surface area (Å²) in [6.45, 7) is 0. The molecule has 4 heteroatoms. The van der Waals surface area contributed by atoms with E-state index in [1.165, 1.54) is 0 Å². The predicted octanol–water partition coefficient (Wildman–Crippen LogP) is 2.89. The highest BCUT2D eigenvalue weighted by molar-refractivity contribution is 7.50. The molecule has 3 aromatic rings. The molecule has 0 amide bonds. The first kappa shape index (κ1) is 15.7. The third kappa shape index (κ3) is 2.64. The Bertz CT molecular complexity index is 714. The van der Waals surface area contributed by atoms with Crippen LogP contribution in [0, 0.1) is 0 Å². The molecule has 116 valence electrons. The first-order valence-corrected chi connectivity index (χ1v) is 8.80. The molecule has 23 heavy (non-hydrogen) atoms. The minimum atomic E-state index is -5.07. The molecule has 0 saturated carbocycles. The summed E-state index contributed by atoms with van der Waals surface area (Å²) in [7, 11) is -5.07. The van der Waals surface area contributed by atoms with Crippen LogP contribution in [0.25, 0.3) is 0 Å². The average Bonchev–Trinajstić information content (AvgIpc) is 2.57. The molecule has 0 aromatic heterocycles. The minimum Gasteiger partial charge on any atom is -0.810 e. The molecule has 0 bridgehead atoms. The second-order valence-corrected chi connectivity index (χ2v) is 6.97. The van der Waals surface area contributed by atoms with E-state index in [1.807, 2.05) is 0 Å². The topological polar surface area (TPSA) is 63.2 Å². The van der Waals surface area contributed by atoms with Crippen LogP contribution in [0.5, 0.6) is 0 Å². The molecule has 0 aliphatic carbocycles. The summed E-state index contributed by atoms with van der Waals surface area (Å²) in [6.07, 6.45) is 0. The lowest BCUT2D eigenvalue weighted by atomic mass is 9.84. The number of rotatable bonds is 4. The first-order chi connectivity index (χ1) is 11.1. The fourth-order valence-corrected chi connectivity index (χ4v) is 4.41. The fourth-order valence-electron chi connectivity index (χ4n) is 3.01. The van der Waals surface area contributed by atoms with Crippen molar-refractivity contribution in [1.82, 2.24) is 0 Å². The van der Waals surface area contributed by atoms with Gasteiger partial charge in [0.05, 0.1) is 5.16 Å². The third-order valence-electron chi connectivity index (χ3n) is 3.99. The molecule has 0 unspecified atom stereocenters. The van der Waals surface area contributed by atoms with Gasteiger partial charge in [-0.05, 0) is 24.3 Å². The van der Waals surface area contributed by atoms with Crippen LogP contribution in [0.3, 0.4) is 0 Å². The van der Waals surface area contributed by atoms with Crippen molar-refractivity contribution in [2.45, 2.75) is 5.16 Å². The minimum absolute atomic E-state index is 0.450. The van der Waals surface area contributed by atoms with Crippen molar-refractivity contribution in [1.29, 1.82) is 0 Å². The molecule has 3 nitrogen and oxygen atoms in total. The highest BCUT2D eigenvalue weighted by atomic mass is 31.2. The Morgan fingerprint density at radius 3 is 1.04 bits per heavy atom. The van der Waals surface area contributed by atoms with E-state index in [0.717, 1.165) is 0 Å². The Hall–Kier alpha value is -2.19. The second kappa shape index (κ2) is 6.13. The van der Waals surface area contributed by atoms with Crippen molar-refractivity contribution in [3.8, 4) is 0 Å². The van der Waals surface area contributed by atoms with E-state index < -0.39 is 12.8 Å². The molecule has 3 aromatic carbocycles. The molecule has 0 heterocycles. The lowest BCUT2D eigenvalue weighted by molar-refractivity contribution is -0.319. The second-order valence-electron chi connectivity index (χ2n) is 5.31. The maximum absolute atomic E-state index is 12.5. The van der Waals surface area contributed by atoms with E-state index in [4.69, 9.17) is 0 Å². The molecule has 0 spiro atoms. The Kier molecular flexibility index (Phi) is 4.18. The van der Waals surface area contributed by atoms with Crippen molar-refractivity contribution in [3.05, 3.63) is 108 Å².